The predicted molar refractivity (Wildman–Crippen MR) is 80.9 cm³/mol. The van der Waals surface area contributed by atoms with Gasteiger partial charge in [0, 0.05) is 13.1 Å². The number of carbonyl (C=O) groups is 1. The van der Waals surface area contributed by atoms with Gasteiger partial charge in [-0.1, -0.05) is 12.1 Å². The number of hydrogen-bond acceptors (Lipinski definition) is 2. The molecule has 2 saturated heterocycles. The van der Waals surface area contributed by atoms with Gasteiger partial charge in [-0.15, -0.1) is 0 Å². The summed E-state index contributed by atoms with van der Waals surface area (Å²) < 4.78 is 37.6. The Kier molecular flexibility index (Phi) is 4.36. The molecule has 2 aliphatic rings. The summed E-state index contributed by atoms with van der Waals surface area (Å²) in [7, 11) is 0. The molecule has 1 N–H and O–H groups in total. The van der Waals surface area contributed by atoms with Crippen molar-refractivity contribution in [3.8, 4) is 0 Å². The molecule has 3 rings (SSSR count). The van der Waals surface area contributed by atoms with Crippen molar-refractivity contribution in [3.63, 3.8) is 0 Å². The number of carbonyl (C=O) groups excluding carboxylic acids is 1. The smallest absolute Gasteiger partial charge is 0.342 e. The summed E-state index contributed by atoms with van der Waals surface area (Å²) in [5.41, 5.74) is 0.207. The molecule has 1 aromatic carbocycles. The lowest BCUT2D eigenvalue weighted by atomic mass is 9.78. The molecule has 2 fully saturated rings. The first-order valence-electron chi connectivity index (χ1n) is 8.03. The number of likely N-dealkylation sites (tertiary alicyclic amines) is 1. The van der Waals surface area contributed by atoms with Crippen molar-refractivity contribution in [2.45, 2.75) is 31.9 Å². The van der Waals surface area contributed by atoms with Gasteiger partial charge in [0.15, 0.2) is 0 Å². The molecule has 0 radical (unpaired) electrons. The molecule has 0 saturated carbocycles. The number of nitrogens with zero attached hydrogens (tertiary/aromatic N) is 1. The van der Waals surface area contributed by atoms with Crippen molar-refractivity contribution in [2.75, 3.05) is 26.2 Å². The van der Waals surface area contributed by atoms with Crippen LogP contribution in [-0.4, -0.2) is 37.0 Å². The Morgan fingerprint density at radius 3 is 2.39 bits per heavy atom. The van der Waals surface area contributed by atoms with Crippen molar-refractivity contribution in [1.82, 2.24) is 10.2 Å². The highest BCUT2D eigenvalue weighted by molar-refractivity contribution is 5.79. The lowest BCUT2D eigenvalue weighted by Crippen LogP contribution is -2.40. The van der Waals surface area contributed by atoms with Gasteiger partial charge in [0.05, 0.1) is 12.0 Å². The number of rotatable bonds is 2. The van der Waals surface area contributed by atoms with E-state index in [0.717, 1.165) is 57.6 Å². The molecule has 1 aromatic rings. The van der Waals surface area contributed by atoms with Crippen LogP contribution in [0.4, 0.5) is 13.2 Å². The van der Waals surface area contributed by atoms with Gasteiger partial charge < -0.3 is 10.2 Å². The minimum atomic E-state index is -4.33. The van der Waals surface area contributed by atoms with Crippen molar-refractivity contribution in [1.29, 1.82) is 0 Å². The minimum Gasteiger partial charge on any atom is -0.342 e. The fraction of sp³-hybridized carbons (Fsp3) is 0.588. The zero-order valence-corrected chi connectivity index (χ0v) is 13.0. The lowest BCUT2D eigenvalue weighted by Gasteiger charge is -2.33. The molecule has 126 valence electrons. The molecular weight excluding hydrogens is 305 g/mol. The van der Waals surface area contributed by atoms with E-state index in [1.54, 1.807) is 0 Å². The van der Waals surface area contributed by atoms with Gasteiger partial charge in [-0.25, -0.2) is 0 Å². The Morgan fingerprint density at radius 1 is 1.13 bits per heavy atom. The number of halogens is 3. The molecule has 0 aliphatic carbocycles. The standard InChI is InChI=1S/C17H21F3N2O/c18-17(19,20)14-3-1-13(2-4-14)11-15(23)22-10-7-16(12-22)5-8-21-9-6-16/h1-4,21H,5-12H2. The van der Waals surface area contributed by atoms with Crippen molar-refractivity contribution in [2.24, 2.45) is 5.41 Å². The van der Waals surface area contributed by atoms with E-state index in [1.165, 1.54) is 12.1 Å². The molecule has 0 bridgehead atoms. The van der Waals surface area contributed by atoms with Crippen LogP contribution in [0.3, 0.4) is 0 Å². The van der Waals surface area contributed by atoms with Crippen LogP contribution < -0.4 is 5.32 Å². The number of nitrogens with one attached hydrogen (secondary N) is 1. The maximum absolute atomic E-state index is 12.5. The zero-order valence-electron chi connectivity index (χ0n) is 13.0. The number of amides is 1. The Bertz CT molecular complexity index is 562. The van der Waals surface area contributed by atoms with Crippen molar-refractivity contribution in [3.05, 3.63) is 35.4 Å². The maximum Gasteiger partial charge on any atom is 0.416 e. The van der Waals surface area contributed by atoms with E-state index in [-0.39, 0.29) is 17.7 Å². The van der Waals surface area contributed by atoms with Gasteiger partial charge in [0.2, 0.25) is 5.91 Å². The summed E-state index contributed by atoms with van der Waals surface area (Å²) >= 11 is 0. The van der Waals surface area contributed by atoms with Crippen molar-refractivity contribution < 1.29 is 18.0 Å². The van der Waals surface area contributed by atoms with Crippen LogP contribution in [0.1, 0.15) is 30.4 Å². The summed E-state index contributed by atoms with van der Waals surface area (Å²) in [5, 5.41) is 3.34. The molecule has 1 amide bonds. The van der Waals surface area contributed by atoms with Gasteiger partial charge in [-0.05, 0) is 55.5 Å². The predicted octanol–water partition coefficient (Wildman–Crippen LogP) is 2.85. The molecule has 1 spiro atoms. The average Bonchev–Trinajstić information content (AvgIpc) is 2.91. The summed E-state index contributed by atoms with van der Waals surface area (Å²) in [5.74, 6) is 0.0140. The molecule has 23 heavy (non-hydrogen) atoms. The number of alkyl halides is 3. The summed E-state index contributed by atoms with van der Waals surface area (Å²) in [6, 6.07) is 4.88. The first-order chi connectivity index (χ1) is 10.9. The van der Waals surface area contributed by atoms with Crippen LogP contribution in [0.5, 0.6) is 0 Å². The zero-order chi connectivity index (χ0) is 16.5. The van der Waals surface area contributed by atoms with Crippen molar-refractivity contribution >= 4 is 5.91 Å². The van der Waals surface area contributed by atoms with E-state index in [4.69, 9.17) is 0 Å². The van der Waals surface area contributed by atoms with Crippen LogP contribution in [0.25, 0.3) is 0 Å². The number of piperidine rings is 1. The first kappa shape index (κ1) is 16.3. The van der Waals surface area contributed by atoms with E-state index >= 15 is 0 Å². The Hall–Kier alpha value is -1.56. The first-order valence-corrected chi connectivity index (χ1v) is 8.03. The molecular formula is C17H21F3N2O. The summed E-state index contributed by atoms with van der Waals surface area (Å²) in [6.45, 7) is 3.55. The molecule has 3 nitrogen and oxygen atoms in total. The van der Waals surface area contributed by atoms with E-state index in [0.29, 0.717) is 5.56 Å². The van der Waals surface area contributed by atoms with Crippen LogP contribution in [0.2, 0.25) is 0 Å². The quantitative estimate of drug-likeness (QED) is 0.906. The highest BCUT2D eigenvalue weighted by Gasteiger charge is 2.40. The number of benzene rings is 1. The van der Waals surface area contributed by atoms with Gasteiger partial charge in [-0.2, -0.15) is 13.2 Å². The lowest BCUT2D eigenvalue weighted by molar-refractivity contribution is -0.137. The molecule has 0 unspecified atom stereocenters. The van der Waals surface area contributed by atoms with Gasteiger partial charge in [0.1, 0.15) is 0 Å². The van der Waals surface area contributed by atoms with Crippen LogP contribution in [-0.2, 0) is 17.4 Å². The SMILES string of the molecule is O=C(Cc1ccc(C(F)(F)F)cc1)N1CCC2(CCNCC2)C1. The summed E-state index contributed by atoms with van der Waals surface area (Å²) in [4.78, 5) is 14.3. The van der Waals surface area contributed by atoms with Crippen LogP contribution in [0, 0.1) is 5.41 Å². The topological polar surface area (TPSA) is 32.3 Å². The molecule has 0 atom stereocenters. The third-order valence-corrected chi connectivity index (χ3v) is 5.09. The van der Waals surface area contributed by atoms with Gasteiger partial charge >= 0.3 is 6.18 Å². The molecule has 0 aromatic heterocycles. The van der Waals surface area contributed by atoms with E-state index in [9.17, 15) is 18.0 Å². The molecule has 2 heterocycles. The highest BCUT2D eigenvalue weighted by atomic mass is 19.4. The largest absolute Gasteiger partial charge is 0.416 e. The van der Waals surface area contributed by atoms with E-state index < -0.39 is 11.7 Å². The van der Waals surface area contributed by atoms with E-state index in [2.05, 4.69) is 5.32 Å². The third-order valence-electron chi connectivity index (χ3n) is 5.09. The minimum absolute atomic E-state index is 0.0140. The molecule has 2 aliphatic heterocycles. The second-order valence-corrected chi connectivity index (χ2v) is 6.69. The van der Waals surface area contributed by atoms with Crippen LogP contribution in [0.15, 0.2) is 24.3 Å². The second-order valence-electron chi connectivity index (χ2n) is 6.69. The van der Waals surface area contributed by atoms with E-state index in [1.807, 2.05) is 4.90 Å². The Labute approximate surface area is 133 Å². The second kappa shape index (κ2) is 6.15. The number of hydrogen-bond donors (Lipinski definition) is 1. The monoisotopic (exact) mass is 326 g/mol. The van der Waals surface area contributed by atoms with Gasteiger partial charge in [0.25, 0.3) is 0 Å². The summed E-state index contributed by atoms with van der Waals surface area (Å²) in [6.07, 6.45) is -0.938. The highest BCUT2D eigenvalue weighted by Crippen LogP contribution is 2.38. The fourth-order valence-electron chi connectivity index (χ4n) is 3.61. The normalized spacial score (nSPS) is 20.9. The Balaban J connectivity index is 1.59. The average molecular weight is 326 g/mol. The Morgan fingerprint density at radius 2 is 1.78 bits per heavy atom. The maximum atomic E-state index is 12.5. The fourth-order valence-corrected chi connectivity index (χ4v) is 3.61. The third kappa shape index (κ3) is 3.68. The van der Waals surface area contributed by atoms with Crippen LogP contribution >= 0.6 is 0 Å². The molecule has 6 heteroatoms. The van der Waals surface area contributed by atoms with Gasteiger partial charge in [-0.3, -0.25) is 4.79 Å².